The first-order valence-electron chi connectivity index (χ1n) is 11.7. The number of benzene rings is 1. The molecule has 202 valence electrons. The van der Waals surface area contributed by atoms with Gasteiger partial charge in [-0.3, -0.25) is 19.2 Å². The van der Waals surface area contributed by atoms with E-state index in [9.17, 15) is 29.1 Å². The van der Waals surface area contributed by atoms with Gasteiger partial charge in [0.2, 0.25) is 23.6 Å². The number of H-pyrrole nitrogens is 2. The van der Waals surface area contributed by atoms with E-state index in [4.69, 9.17) is 11.5 Å². The summed E-state index contributed by atoms with van der Waals surface area (Å²) in [6.45, 7) is 1.42. The first-order valence-corrected chi connectivity index (χ1v) is 11.7. The Hall–Kier alpha value is -4.72. The van der Waals surface area contributed by atoms with Crippen molar-refractivity contribution < 1.29 is 29.1 Å². The van der Waals surface area contributed by atoms with Crippen molar-refractivity contribution in [1.29, 1.82) is 0 Å². The summed E-state index contributed by atoms with van der Waals surface area (Å²) in [5.74, 6) is -4.53. The molecule has 0 aliphatic rings. The van der Waals surface area contributed by atoms with Gasteiger partial charge in [-0.15, -0.1) is 0 Å². The van der Waals surface area contributed by atoms with Gasteiger partial charge in [-0.05, 0) is 25.0 Å². The number of carbonyl (C=O) groups excluding carboxylic acids is 4. The fourth-order valence-electron chi connectivity index (χ4n) is 3.81. The third-order valence-electron chi connectivity index (χ3n) is 5.84. The van der Waals surface area contributed by atoms with Gasteiger partial charge in [0, 0.05) is 35.4 Å². The van der Waals surface area contributed by atoms with Gasteiger partial charge in [-0.25, -0.2) is 9.78 Å². The molecule has 0 saturated carbocycles. The van der Waals surface area contributed by atoms with Gasteiger partial charge in [-0.2, -0.15) is 0 Å². The molecule has 4 unspecified atom stereocenters. The maximum Gasteiger partial charge on any atom is 0.326 e. The monoisotopic (exact) mass is 526 g/mol. The number of aliphatic carboxylic acids is 1. The molecule has 38 heavy (non-hydrogen) atoms. The summed E-state index contributed by atoms with van der Waals surface area (Å²) in [5, 5.41) is 17.5. The molecule has 2 heterocycles. The van der Waals surface area contributed by atoms with Crippen LogP contribution in [-0.4, -0.2) is 73.8 Å². The molecule has 0 fully saturated rings. The van der Waals surface area contributed by atoms with Gasteiger partial charge in [0.25, 0.3) is 0 Å². The van der Waals surface area contributed by atoms with E-state index in [1.165, 1.54) is 19.4 Å². The fraction of sp³-hybridized carbons (Fsp3) is 0.333. The predicted octanol–water partition coefficient (Wildman–Crippen LogP) is -1.56. The second-order valence-corrected chi connectivity index (χ2v) is 8.81. The van der Waals surface area contributed by atoms with E-state index in [0.29, 0.717) is 5.69 Å². The predicted molar refractivity (Wildman–Crippen MR) is 135 cm³/mol. The molecule has 0 saturated heterocycles. The molecule has 10 N–H and O–H groups in total. The van der Waals surface area contributed by atoms with E-state index < -0.39 is 60.2 Å². The van der Waals surface area contributed by atoms with Gasteiger partial charge in [0.15, 0.2) is 0 Å². The Balaban J connectivity index is 1.63. The van der Waals surface area contributed by atoms with Crippen molar-refractivity contribution in [3.8, 4) is 0 Å². The number of hydrogen-bond donors (Lipinski definition) is 8. The minimum atomic E-state index is -1.58. The van der Waals surface area contributed by atoms with Crippen LogP contribution in [0.15, 0.2) is 43.0 Å². The standard InChI is InChI=1S/C24H30N8O6/c1-12(30-22(35)16(25)6-13-9-28-17-5-3-2-4-15(13)17)21(34)31-18(7-14-10-27-11-29-14)23(36)32-19(24(37)38)8-20(26)33/h2-5,9-12,16,18-19,28H,6-8,25H2,1H3,(H2,26,33)(H,27,29)(H,30,35)(H,31,34)(H,32,36)(H,37,38). The Bertz CT molecular complexity index is 1300. The quantitative estimate of drug-likeness (QED) is 0.129. The number of nitrogens with two attached hydrogens (primary N) is 2. The topological polar surface area (TPSA) is 238 Å². The number of rotatable bonds is 13. The second-order valence-electron chi connectivity index (χ2n) is 8.81. The Morgan fingerprint density at radius 2 is 1.68 bits per heavy atom. The summed E-state index contributed by atoms with van der Waals surface area (Å²) >= 11 is 0. The van der Waals surface area contributed by atoms with Crippen molar-refractivity contribution in [2.75, 3.05) is 0 Å². The summed E-state index contributed by atoms with van der Waals surface area (Å²) < 4.78 is 0. The molecule has 2 aromatic heterocycles. The molecule has 0 aliphatic heterocycles. The Morgan fingerprint density at radius 1 is 0.974 bits per heavy atom. The van der Waals surface area contributed by atoms with Crippen molar-refractivity contribution in [2.24, 2.45) is 11.5 Å². The van der Waals surface area contributed by atoms with E-state index in [1.807, 2.05) is 24.3 Å². The average molecular weight is 527 g/mol. The maximum absolute atomic E-state index is 12.9. The number of para-hydroxylation sites is 1. The summed E-state index contributed by atoms with van der Waals surface area (Å²) in [7, 11) is 0. The number of nitrogens with zero attached hydrogens (tertiary/aromatic N) is 1. The summed E-state index contributed by atoms with van der Waals surface area (Å²) in [4.78, 5) is 70.8. The number of aromatic nitrogens is 3. The lowest BCUT2D eigenvalue weighted by Gasteiger charge is -2.23. The van der Waals surface area contributed by atoms with Crippen LogP contribution in [0, 0.1) is 0 Å². The zero-order chi connectivity index (χ0) is 27.8. The molecule has 0 radical (unpaired) electrons. The fourth-order valence-corrected chi connectivity index (χ4v) is 3.81. The molecule has 3 rings (SSSR count). The molecule has 0 bridgehead atoms. The van der Waals surface area contributed by atoms with E-state index in [-0.39, 0.29) is 12.8 Å². The number of carboxylic acid groups (broad SMARTS) is 1. The zero-order valence-corrected chi connectivity index (χ0v) is 20.6. The normalized spacial score (nSPS) is 14.2. The number of primary amides is 1. The van der Waals surface area contributed by atoms with Gasteiger partial charge in [0.1, 0.15) is 18.1 Å². The summed E-state index contributed by atoms with van der Waals surface area (Å²) in [5.41, 5.74) is 13.4. The summed E-state index contributed by atoms with van der Waals surface area (Å²) in [6, 6.07) is 2.71. The number of carbonyl (C=O) groups is 5. The van der Waals surface area contributed by atoms with E-state index >= 15 is 0 Å². The van der Waals surface area contributed by atoms with Crippen LogP contribution in [0.25, 0.3) is 10.9 Å². The van der Waals surface area contributed by atoms with Crippen LogP contribution in [0.4, 0.5) is 0 Å². The average Bonchev–Trinajstić information content (AvgIpc) is 3.52. The molecular weight excluding hydrogens is 496 g/mol. The van der Waals surface area contributed by atoms with Crippen molar-refractivity contribution in [1.82, 2.24) is 30.9 Å². The first-order chi connectivity index (χ1) is 18.0. The third-order valence-corrected chi connectivity index (χ3v) is 5.84. The largest absolute Gasteiger partial charge is 0.480 e. The molecule has 4 amide bonds. The van der Waals surface area contributed by atoms with E-state index in [1.54, 1.807) is 6.20 Å². The Kier molecular flexibility index (Phi) is 9.16. The number of nitrogens with one attached hydrogen (secondary N) is 5. The number of amides is 4. The van der Waals surface area contributed by atoms with Crippen molar-refractivity contribution in [3.63, 3.8) is 0 Å². The van der Waals surface area contributed by atoms with Crippen LogP contribution in [0.3, 0.4) is 0 Å². The molecule has 0 aliphatic carbocycles. The van der Waals surface area contributed by atoms with Crippen molar-refractivity contribution in [2.45, 2.75) is 50.4 Å². The minimum absolute atomic E-state index is 0.0682. The van der Waals surface area contributed by atoms with E-state index in [2.05, 4.69) is 30.9 Å². The lowest BCUT2D eigenvalue weighted by atomic mass is 10.0. The second kappa shape index (κ2) is 12.5. The van der Waals surface area contributed by atoms with Crippen LogP contribution in [-0.2, 0) is 36.8 Å². The molecule has 3 aromatic rings. The van der Waals surface area contributed by atoms with Gasteiger partial charge >= 0.3 is 5.97 Å². The third kappa shape index (κ3) is 7.39. The lowest BCUT2D eigenvalue weighted by molar-refractivity contribution is -0.143. The molecule has 14 nitrogen and oxygen atoms in total. The lowest BCUT2D eigenvalue weighted by Crippen LogP contribution is -2.57. The Morgan fingerprint density at radius 3 is 2.34 bits per heavy atom. The highest BCUT2D eigenvalue weighted by molar-refractivity contribution is 5.95. The van der Waals surface area contributed by atoms with Crippen molar-refractivity contribution >= 4 is 40.5 Å². The van der Waals surface area contributed by atoms with Gasteiger partial charge in [-0.1, -0.05) is 18.2 Å². The number of imidazole rings is 1. The van der Waals surface area contributed by atoms with Crippen LogP contribution in [0.1, 0.15) is 24.6 Å². The number of carboxylic acids is 1. The first kappa shape index (κ1) is 27.9. The van der Waals surface area contributed by atoms with Crippen LogP contribution in [0.2, 0.25) is 0 Å². The van der Waals surface area contributed by atoms with Gasteiger partial charge in [0.05, 0.1) is 18.8 Å². The minimum Gasteiger partial charge on any atom is -0.480 e. The van der Waals surface area contributed by atoms with Crippen molar-refractivity contribution in [3.05, 3.63) is 54.2 Å². The van der Waals surface area contributed by atoms with Crippen LogP contribution in [0.5, 0.6) is 0 Å². The number of aromatic amines is 2. The molecule has 4 atom stereocenters. The zero-order valence-electron chi connectivity index (χ0n) is 20.6. The van der Waals surface area contributed by atoms with Crippen LogP contribution < -0.4 is 27.4 Å². The highest BCUT2D eigenvalue weighted by Crippen LogP contribution is 2.18. The SMILES string of the molecule is CC(NC(=O)C(N)Cc1c[nH]c2ccccc12)C(=O)NC(Cc1cnc[nH]1)C(=O)NC(CC(N)=O)C(=O)O. The highest BCUT2D eigenvalue weighted by Gasteiger charge is 2.30. The molecular formula is C24H30N8O6. The molecule has 14 heteroatoms. The smallest absolute Gasteiger partial charge is 0.326 e. The number of fused-ring (bicyclic) bond motifs is 1. The number of hydrogen-bond acceptors (Lipinski definition) is 7. The molecule has 0 spiro atoms. The molecule has 1 aromatic carbocycles. The highest BCUT2D eigenvalue weighted by atomic mass is 16.4. The van der Waals surface area contributed by atoms with E-state index in [0.717, 1.165) is 16.5 Å². The maximum atomic E-state index is 12.9. The Labute approximate surface area is 216 Å². The van der Waals surface area contributed by atoms with Gasteiger partial charge < -0.3 is 42.5 Å². The summed E-state index contributed by atoms with van der Waals surface area (Å²) in [6.07, 6.45) is 4.10. The van der Waals surface area contributed by atoms with Crippen LogP contribution >= 0.6 is 0 Å².